The van der Waals surface area contributed by atoms with Crippen LogP contribution in [0.15, 0.2) is 42.8 Å². The van der Waals surface area contributed by atoms with Crippen LogP contribution in [0.1, 0.15) is 13.8 Å². The van der Waals surface area contributed by atoms with Crippen LogP contribution in [0.4, 0.5) is 5.95 Å². The Morgan fingerprint density at radius 3 is 2.70 bits per heavy atom. The lowest BCUT2D eigenvalue weighted by Gasteiger charge is -2.22. The molecule has 0 aromatic carbocycles. The van der Waals surface area contributed by atoms with Crippen molar-refractivity contribution in [2.24, 2.45) is 5.92 Å². The molecule has 0 radical (unpaired) electrons. The molecule has 0 bridgehead atoms. The van der Waals surface area contributed by atoms with Crippen LogP contribution in [0.5, 0.6) is 0 Å². The first kappa shape index (κ1) is 16.3. The molecule has 0 aliphatic rings. The highest BCUT2D eigenvalue weighted by Crippen LogP contribution is 2.14. The Morgan fingerprint density at radius 2 is 2.15 bits per heavy atom. The van der Waals surface area contributed by atoms with Crippen molar-refractivity contribution < 1.29 is 9.84 Å². The zero-order valence-electron chi connectivity index (χ0n) is 12.3. The first-order chi connectivity index (χ1) is 9.58. The molecule has 0 fully saturated rings. The lowest BCUT2D eigenvalue weighted by atomic mass is 9.97. The molecule has 1 heterocycles. The first-order valence-electron chi connectivity index (χ1n) is 6.60. The van der Waals surface area contributed by atoms with Gasteiger partial charge in [-0.15, -0.1) is 6.58 Å². The molecule has 110 valence electrons. The summed E-state index contributed by atoms with van der Waals surface area (Å²) in [5.74, 6) is 0.561. The second-order valence-electron chi connectivity index (χ2n) is 4.72. The highest BCUT2D eigenvalue weighted by molar-refractivity contribution is 5.25. The van der Waals surface area contributed by atoms with Gasteiger partial charge in [-0.2, -0.15) is 0 Å². The van der Waals surface area contributed by atoms with Gasteiger partial charge in [0, 0.05) is 32.0 Å². The summed E-state index contributed by atoms with van der Waals surface area (Å²) in [5, 5.41) is 13.2. The molecule has 20 heavy (non-hydrogen) atoms. The largest absolute Gasteiger partial charge is 0.389 e. The zero-order chi connectivity index (χ0) is 15.0. The molecule has 0 spiro atoms. The molecule has 0 aliphatic carbocycles. The van der Waals surface area contributed by atoms with Gasteiger partial charge >= 0.3 is 0 Å². The average molecular weight is 277 g/mol. The number of methoxy groups -OCH3 is 1. The molecule has 0 saturated carbocycles. The van der Waals surface area contributed by atoms with Gasteiger partial charge in [-0.25, -0.2) is 9.97 Å². The minimum atomic E-state index is -0.611. The predicted molar refractivity (Wildman–Crippen MR) is 80.4 cm³/mol. The van der Waals surface area contributed by atoms with Gasteiger partial charge in [0.05, 0.1) is 6.10 Å². The van der Waals surface area contributed by atoms with Gasteiger partial charge in [0.25, 0.3) is 0 Å². The summed E-state index contributed by atoms with van der Waals surface area (Å²) in [5.41, 5.74) is 1.10. The zero-order valence-corrected chi connectivity index (χ0v) is 12.3. The topological polar surface area (TPSA) is 67.3 Å². The SMILES string of the molecule is C=C[C@H](OC)[C@@H](O)[C@H](C)/C=C(/C)CNc1ncccn1. The van der Waals surface area contributed by atoms with E-state index in [4.69, 9.17) is 4.74 Å². The van der Waals surface area contributed by atoms with Crippen LogP contribution in [-0.2, 0) is 4.74 Å². The molecule has 1 rings (SSSR count). The number of aliphatic hydroxyl groups is 1. The summed E-state index contributed by atoms with van der Waals surface area (Å²) in [6.45, 7) is 8.23. The molecule has 0 amide bonds. The molecule has 5 heteroatoms. The third-order valence-corrected chi connectivity index (χ3v) is 3.02. The number of aliphatic hydroxyl groups excluding tert-OH is 1. The summed E-state index contributed by atoms with van der Waals surface area (Å²) in [6.07, 6.45) is 6.03. The lowest BCUT2D eigenvalue weighted by molar-refractivity contribution is -0.00152. The van der Waals surface area contributed by atoms with Gasteiger partial charge in [-0.1, -0.05) is 24.6 Å². The maximum absolute atomic E-state index is 10.1. The van der Waals surface area contributed by atoms with Crippen molar-refractivity contribution in [1.29, 1.82) is 0 Å². The maximum Gasteiger partial charge on any atom is 0.222 e. The van der Waals surface area contributed by atoms with Gasteiger partial charge in [0.1, 0.15) is 6.10 Å². The van der Waals surface area contributed by atoms with E-state index in [1.807, 2.05) is 19.9 Å². The van der Waals surface area contributed by atoms with Crippen LogP contribution in [0.2, 0.25) is 0 Å². The minimum absolute atomic E-state index is 0.0311. The fourth-order valence-electron chi connectivity index (χ4n) is 1.89. The summed E-state index contributed by atoms with van der Waals surface area (Å²) in [6, 6.07) is 1.77. The number of hydrogen-bond acceptors (Lipinski definition) is 5. The molecule has 2 N–H and O–H groups in total. The fraction of sp³-hybridized carbons (Fsp3) is 0.467. The number of hydrogen-bond donors (Lipinski definition) is 2. The van der Waals surface area contributed by atoms with Crippen LogP contribution >= 0.6 is 0 Å². The van der Waals surface area contributed by atoms with E-state index < -0.39 is 6.10 Å². The molecular formula is C15H23N3O2. The maximum atomic E-state index is 10.1. The second kappa shape index (κ2) is 8.45. The highest BCUT2D eigenvalue weighted by Gasteiger charge is 2.20. The van der Waals surface area contributed by atoms with Crippen molar-refractivity contribution >= 4 is 5.95 Å². The lowest BCUT2D eigenvalue weighted by Crippen LogP contribution is -2.31. The van der Waals surface area contributed by atoms with Gasteiger partial charge in [0.2, 0.25) is 5.95 Å². The van der Waals surface area contributed by atoms with E-state index >= 15 is 0 Å². The minimum Gasteiger partial charge on any atom is -0.389 e. The summed E-state index contributed by atoms with van der Waals surface area (Å²) < 4.78 is 5.16. The standard InChI is InChI=1S/C15H23N3O2/c1-5-13(20-4)14(19)12(3)9-11(2)10-18-15-16-7-6-8-17-15/h5-9,12-14,19H,1,10H2,2-4H3,(H,16,17,18)/b11-9-/t12-,13+,14+/m1/s1. The fourth-order valence-corrected chi connectivity index (χ4v) is 1.89. The Hall–Kier alpha value is -1.72. The van der Waals surface area contributed by atoms with Gasteiger partial charge < -0.3 is 15.2 Å². The normalized spacial score (nSPS) is 16.3. The Kier molecular flexibility index (Phi) is 6.90. The van der Waals surface area contributed by atoms with E-state index in [0.717, 1.165) is 5.57 Å². The number of ether oxygens (including phenoxy) is 1. The number of anilines is 1. The highest BCUT2D eigenvalue weighted by atomic mass is 16.5. The molecule has 3 atom stereocenters. The quantitative estimate of drug-likeness (QED) is 0.712. The average Bonchev–Trinajstić information content (AvgIpc) is 2.47. The van der Waals surface area contributed by atoms with Crippen LogP contribution in [0, 0.1) is 5.92 Å². The van der Waals surface area contributed by atoms with Crippen molar-refractivity contribution in [3.63, 3.8) is 0 Å². The van der Waals surface area contributed by atoms with Crippen molar-refractivity contribution in [2.75, 3.05) is 19.0 Å². The predicted octanol–water partition coefficient (Wildman–Crippen LogP) is 2.03. The number of nitrogens with one attached hydrogen (secondary N) is 1. The number of nitrogens with zero attached hydrogens (tertiary/aromatic N) is 2. The summed E-state index contributed by atoms with van der Waals surface area (Å²) in [4.78, 5) is 8.18. The Balaban J connectivity index is 2.53. The first-order valence-corrected chi connectivity index (χ1v) is 6.60. The van der Waals surface area contributed by atoms with Crippen LogP contribution < -0.4 is 5.32 Å². The third kappa shape index (κ3) is 5.11. The van der Waals surface area contributed by atoms with Crippen molar-refractivity contribution in [1.82, 2.24) is 9.97 Å². The van der Waals surface area contributed by atoms with Crippen LogP contribution in [0.3, 0.4) is 0 Å². The number of rotatable bonds is 8. The Bertz CT molecular complexity index is 434. The van der Waals surface area contributed by atoms with E-state index in [1.165, 1.54) is 0 Å². The van der Waals surface area contributed by atoms with E-state index in [1.54, 1.807) is 31.6 Å². The van der Waals surface area contributed by atoms with Crippen molar-refractivity contribution in [2.45, 2.75) is 26.1 Å². The van der Waals surface area contributed by atoms with Gasteiger partial charge in [-0.3, -0.25) is 0 Å². The van der Waals surface area contributed by atoms with E-state index in [2.05, 4.69) is 21.9 Å². The van der Waals surface area contributed by atoms with Crippen LogP contribution in [0.25, 0.3) is 0 Å². The third-order valence-electron chi connectivity index (χ3n) is 3.02. The molecule has 5 nitrogen and oxygen atoms in total. The Morgan fingerprint density at radius 1 is 1.50 bits per heavy atom. The van der Waals surface area contributed by atoms with Crippen molar-refractivity contribution in [3.8, 4) is 0 Å². The second-order valence-corrected chi connectivity index (χ2v) is 4.72. The van der Waals surface area contributed by atoms with E-state index in [0.29, 0.717) is 12.5 Å². The molecule has 0 aliphatic heterocycles. The molecule has 0 unspecified atom stereocenters. The molecule has 1 aromatic heterocycles. The Labute approximate surface area is 120 Å². The molecule has 0 saturated heterocycles. The van der Waals surface area contributed by atoms with Crippen LogP contribution in [-0.4, -0.2) is 40.9 Å². The van der Waals surface area contributed by atoms with Gasteiger partial charge in [-0.05, 0) is 13.0 Å². The summed E-state index contributed by atoms with van der Waals surface area (Å²) in [7, 11) is 1.56. The molecule has 1 aromatic rings. The summed E-state index contributed by atoms with van der Waals surface area (Å²) >= 11 is 0. The number of aromatic nitrogens is 2. The van der Waals surface area contributed by atoms with Gasteiger partial charge in [0.15, 0.2) is 0 Å². The smallest absolute Gasteiger partial charge is 0.222 e. The molecular weight excluding hydrogens is 254 g/mol. The monoisotopic (exact) mass is 277 g/mol. The van der Waals surface area contributed by atoms with E-state index in [-0.39, 0.29) is 12.0 Å². The van der Waals surface area contributed by atoms with Crippen molar-refractivity contribution in [3.05, 3.63) is 42.8 Å². The van der Waals surface area contributed by atoms with E-state index in [9.17, 15) is 5.11 Å².